The van der Waals surface area contributed by atoms with Crippen molar-refractivity contribution in [1.29, 1.82) is 0 Å². The Bertz CT molecular complexity index is 1060. The van der Waals surface area contributed by atoms with Crippen LogP contribution in [0.2, 0.25) is 0 Å². The highest BCUT2D eigenvalue weighted by molar-refractivity contribution is 6.04. The monoisotopic (exact) mass is 358 g/mol. The molecule has 0 aliphatic carbocycles. The zero-order chi connectivity index (χ0) is 18.6. The SMILES string of the molecule is O=C(Nc1cc(-c2ccccn2)nn1-c1ccccc1)c1ccc(F)cc1. The lowest BCUT2D eigenvalue weighted by Crippen LogP contribution is -2.15. The van der Waals surface area contributed by atoms with Crippen molar-refractivity contribution in [2.24, 2.45) is 0 Å². The molecule has 132 valence electrons. The van der Waals surface area contributed by atoms with Crippen LogP contribution in [-0.2, 0) is 0 Å². The van der Waals surface area contributed by atoms with E-state index in [1.54, 1.807) is 16.9 Å². The van der Waals surface area contributed by atoms with E-state index in [9.17, 15) is 9.18 Å². The lowest BCUT2D eigenvalue weighted by atomic mass is 10.2. The van der Waals surface area contributed by atoms with Crippen LogP contribution in [0.1, 0.15) is 10.4 Å². The molecule has 6 heteroatoms. The first-order chi connectivity index (χ1) is 13.2. The molecule has 4 aromatic rings. The Morgan fingerprint density at radius 3 is 2.33 bits per heavy atom. The second kappa shape index (κ2) is 7.21. The Morgan fingerprint density at radius 1 is 0.889 bits per heavy atom. The number of anilines is 1. The minimum Gasteiger partial charge on any atom is -0.306 e. The predicted molar refractivity (Wildman–Crippen MR) is 101 cm³/mol. The van der Waals surface area contributed by atoms with Crippen LogP contribution in [0.4, 0.5) is 10.2 Å². The molecule has 4 rings (SSSR count). The van der Waals surface area contributed by atoms with Gasteiger partial charge in [0.1, 0.15) is 17.3 Å². The number of nitrogens with zero attached hydrogens (tertiary/aromatic N) is 3. The fraction of sp³-hybridized carbons (Fsp3) is 0. The topological polar surface area (TPSA) is 59.8 Å². The highest BCUT2D eigenvalue weighted by Crippen LogP contribution is 2.24. The minimum atomic E-state index is -0.390. The number of carbonyl (C=O) groups is 1. The fourth-order valence-corrected chi connectivity index (χ4v) is 2.67. The van der Waals surface area contributed by atoms with Crippen LogP contribution in [0, 0.1) is 5.82 Å². The number of carbonyl (C=O) groups excluding carboxylic acids is 1. The molecule has 5 nitrogen and oxygen atoms in total. The summed E-state index contributed by atoms with van der Waals surface area (Å²) < 4.78 is 14.7. The van der Waals surface area contributed by atoms with Gasteiger partial charge >= 0.3 is 0 Å². The Morgan fingerprint density at radius 2 is 1.63 bits per heavy atom. The van der Waals surface area contributed by atoms with Crippen molar-refractivity contribution in [1.82, 2.24) is 14.8 Å². The van der Waals surface area contributed by atoms with Crippen molar-refractivity contribution in [2.75, 3.05) is 5.32 Å². The predicted octanol–water partition coefficient (Wildman–Crippen LogP) is 4.33. The van der Waals surface area contributed by atoms with Gasteiger partial charge in [-0.2, -0.15) is 5.10 Å². The van der Waals surface area contributed by atoms with Crippen molar-refractivity contribution in [2.45, 2.75) is 0 Å². The molecule has 0 spiro atoms. The molecular formula is C21H15FN4O. The van der Waals surface area contributed by atoms with Crippen molar-refractivity contribution in [3.05, 3.63) is 96.4 Å². The molecule has 0 atom stereocenters. The largest absolute Gasteiger partial charge is 0.306 e. The number of aromatic nitrogens is 3. The molecule has 2 aromatic heterocycles. The third-order valence-corrected chi connectivity index (χ3v) is 3.99. The van der Waals surface area contributed by atoms with E-state index in [-0.39, 0.29) is 5.91 Å². The number of halogens is 1. The van der Waals surface area contributed by atoms with Gasteiger partial charge in [0.25, 0.3) is 5.91 Å². The second-order valence-electron chi connectivity index (χ2n) is 5.84. The van der Waals surface area contributed by atoms with Crippen LogP contribution in [0.3, 0.4) is 0 Å². The van der Waals surface area contributed by atoms with E-state index in [0.717, 1.165) is 5.69 Å². The molecule has 2 heterocycles. The number of hydrogen-bond acceptors (Lipinski definition) is 3. The third kappa shape index (κ3) is 3.59. The molecule has 27 heavy (non-hydrogen) atoms. The van der Waals surface area contributed by atoms with E-state index in [0.29, 0.717) is 22.8 Å². The molecule has 2 aromatic carbocycles. The highest BCUT2D eigenvalue weighted by Gasteiger charge is 2.15. The second-order valence-corrected chi connectivity index (χ2v) is 5.84. The van der Waals surface area contributed by atoms with Gasteiger partial charge in [0, 0.05) is 17.8 Å². The van der Waals surface area contributed by atoms with Gasteiger partial charge in [-0.25, -0.2) is 9.07 Å². The summed E-state index contributed by atoms with van der Waals surface area (Å²) in [6.07, 6.45) is 1.69. The fourth-order valence-electron chi connectivity index (χ4n) is 2.67. The smallest absolute Gasteiger partial charge is 0.256 e. The van der Waals surface area contributed by atoms with E-state index in [1.807, 2.05) is 48.5 Å². The van der Waals surface area contributed by atoms with Crippen molar-refractivity contribution in [3.8, 4) is 17.1 Å². The third-order valence-electron chi connectivity index (χ3n) is 3.99. The highest BCUT2D eigenvalue weighted by atomic mass is 19.1. The molecule has 0 bridgehead atoms. The maximum atomic E-state index is 13.1. The summed E-state index contributed by atoms with van der Waals surface area (Å²) >= 11 is 0. The van der Waals surface area contributed by atoms with E-state index in [1.165, 1.54) is 24.3 Å². The number of rotatable bonds is 4. The van der Waals surface area contributed by atoms with Gasteiger partial charge in [-0.05, 0) is 48.5 Å². The molecular weight excluding hydrogens is 343 g/mol. The first-order valence-corrected chi connectivity index (χ1v) is 8.34. The zero-order valence-electron chi connectivity index (χ0n) is 14.2. The molecule has 0 radical (unpaired) electrons. The van der Waals surface area contributed by atoms with E-state index in [4.69, 9.17) is 0 Å². The molecule has 1 N–H and O–H groups in total. The summed E-state index contributed by atoms with van der Waals surface area (Å²) in [5, 5.41) is 7.44. The molecule has 0 saturated heterocycles. The maximum Gasteiger partial charge on any atom is 0.256 e. The number of amides is 1. The van der Waals surface area contributed by atoms with Crippen LogP contribution >= 0.6 is 0 Å². The first-order valence-electron chi connectivity index (χ1n) is 8.34. The number of benzene rings is 2. The van der Waals surface area contributed by atoms with Crippen molar-refractivity contribution < 1.29 is 9.18 Å². The van der Waals surface area contributed by atoms with Crippen LogP contribution in [0.25, 0.3) is 17.1 Å². The van der Waals surface area contributed by atoms with Gasteiger partial charge in [0.05, 0.1) is 11.4 Å². The summed E-state index contributed by atoms with van der Waals surface area (Å²) in [5.41, 5.74) is 2.49. The number of nitrogens with one attached hydrogen (secondary N) is 1. The molecule has 0 fully saturated rings. The Hall–Kier alpha value is -3.80. The standard InChI is InChI=1S/C21H15FN4O/c22-16-11-9-15(10-12-16)21(27)24-20-14-19(18-8-4-5-13-23-18)25-26(20)17-6-2-1-3-7-17/h1-14H,(H,24,27). The summed E-state index contributed by atoms with van der Waals surface area (Å²) in [7, 11) is 0. The Labute approximate surface area is 155 Å². The average Bonchev–Trinajstić information content (AvgIpc) is 3.13. The van der Waals surface area contributed by atoms with Gasteiger partial charge in [-0.15, -0.1) is 0 Å². The summed E-state index contributed by atoms with van der Waals surface area (Å²) in [5.74, 6) is -0.242. The van der Waals surface area contributed by atoms with Crippen molar-refractivity contribution >= 4 is 11.7 Å². The van der Waals surface area contributed by atoms with Crippen LogP contribution in [0.15, 0.2) is 85.1 Å². The maximum absolute atomic E-state index is 13.1. The Kier molecular flexibility index (Phi) is 4.45. The van der Waals surface area contributed by atoms with Crippen LogP contribution in [0.5, 0.6) is 0 Å². The quantitative estimate of drug-likeness (QED) is 0.591. The van der Waals surface area contributed by atoms with Crippen molar-refractivity contribution in [3.63, 3.8) is 0 Å². The van der Waals surface area contributed by atoms with E-state index >= 15 is 0 Å². The van der Waals surface area contributed by atoms with Gasteiger partial charge in [-0.1, -0.05) is 24.3 Å². The minimum absolute atomic E-state index is 0.348. The first kappa shape index (κ1) is 16.7. The molecule has 0 aliphatic heterocycles. The summed E-state index contributed by atoms with van der Waals surface area (Å²) in [4.78, 5) is 16.9. The van der Waals surface area contributed by atoms with E-state index < -0.39 is 5.82 Å². The van der Waals surface area contributed by atoms with Crippen LogP contribution in [-0.4, -0.2) is 20.7 Å². The van der Waals surface area contributed by atoms with Gasteiger partial charge < -0.3 is 5.32 Å². The molecule has 0 unspecified atom stereocenters. The van der Waals surface area contributed by atoms with Gasteiger partial charge in [0.15, 0.2) is 0 Å². The zero-order valence-corrected chi connectivity index (χ0v) is 14.2. The average molecular weight is 358 g/mol. The summed E-state index contributed by atoms with van der Waals surface area (Å²) in [6.45, 7) is 0. The normalized spacial score (nSPS) is 10.6. The lowest BCUT2D eigenvalue weighted by molar-refractivity contribution is 0.102. The number of hydrogen-bond donors (Lipinski definition) is 1. The number of para-hydroxylation sites is 1. The Balaban J connectivity index is 1.73. The van der Waals surface area contributed by atoms with E-state index in [2.05, 4.69) is 15.4 Å². The van der Waals surface area contributed by atoms with Crippen LogP contribution < -0.4 is 5.32 Å². The lowest BCUT2D eigenvalue weighted by Gasteiger charge is -2.08. The number of pyridine rings is 1. The van der Waals surface area contributed by atoms with Gasteiger partial charge in [0.2, 0.25) is 0 Å². The molecule has 1 amide bonds. The molecule has 0 aliphatic rings. The summed E-state index contributed by atoms with van der Waals surface area (Å²) in [6, 6.07) is 22.2. The molecule has 0 saturated carbocycles. The van der Waals surface area contributed by atoms with Gasteiger partial charge in [-0.3, -0.25) is 9.78 Å².